The molecule has 98 valence electrons. The highest BCUT2D eigenvalue weighted by Crippen LogP contribution is 2.16. The van der Waals surface area contributed by atoms with Gasteiger partial charge in [0.15, 0.2) is 0 Å². The highest BCUT2D eigenvalue weighted by molar-refractivity contribution is 9.10. The van der Waals surface area contributed by atoms with Crippen LogP contribution in [0.2, 0.25) is 0 Å². The van der Waals surface area contributed by atoms with Crippen molar-refractivity contribution < 1.29 is 4.79 Å². The van der Waals surface area contributed by atoms with E-state index >= 15 is 0 Å². The zero-order valence-corrected chi connectivity index (χ0v) is 12.0. The summed E-state index contributed by atoms with van der Waals surface area (Å²) < 4.78 is 0.852. The average Bonchev–Trinajstić information content (AvgIpc) is 2.45. The van der Waals surface area contributed by atoms with E-state index in [4.69, 9.17) is 5.26 Å². The summed E-state index contributed by atoms with van der Waals surface area (Å²) in [6, 6.07) is 12.6. The number of hydrogen-bond donors (Lipinski definition) is 1. The Bertz CT molecular complexity index is 690. The number of anilines is 1. The lowest BCUT2D eigenvalue weighted by Crippen LogP contribution is -2.13. The zero-order chi connectivity index (χ0) is 14.4. The first-order chi connectivity index (χ1) is 9.69. The van der Waals surface area contributed by atoms with E-state index in [-0.39, 0.29) is 5.57 Å². The van der Waals surface area contributed by atoms with Gasteiger partial charge in [0.05, 0.1) is 0 Å². The van der Waals surface area contributed by atoms with Crippen LogP contribution in [-0.4, -0.2) is 10.9 Å². The predicted octanol–water partition coefficient (Wildman–Crippen LogP) is 3.39. The highest BCUT2D eigenvalue weighted by Gasteiger charge is 2.09. The van der Waals surface area contributed by atoms with E-state index in [0.717, 1.165) is 4.47 Å². The number of hydrogen-bond acceptors (Lipinski definition) is 3. The number of nitrogens with one attached hydrogen (secondary N) is 1. The number of carbonyl (C=O) groups is 1. The Labute approximate surface area is 124 Å². The minimum atomic E-state index is -0.450. The Morgan fingerprint density at radius 3 is 2.85 bits per heavy atom. The maximum absolute atomic E-state index is 12.0. The Morgan fingerprint density at radius 2 is 2.20 bits per heavy atom. The van der Waals surface area contributed by atoms with Crippen molar-refractivity contribution in [3.8, 4) is 6.07 Å². The Balaban J connectivity index is 2.19. The molecule has 0 aliphatic heterocycles. The minimum Gasteiger partial charge on any atom is -0.321 e. The van der Waals surface area contributed by atoms with Gasteiger partial charge in [-0.3, -0.25) is 9.78 Å². The number of nitrogens with zero attached hydrogens (tertiary/aromatic N) is 2. The van der Waals surface area contributed by atoms with Gasteiger partial charge in [0.2, 0.25) is 0 Å². The van der Waals surface area contributed by atoms with Gasteiger partial charge in [-0.15, -0.1) is 0 Å². The van der Waals surface area contributed by atoms with Gasteiger partial charge >= 0.3 is 0 Å². The molecule has 0 bridgehead atoms. The largest absolute Gasteiger partial charge is 0.321 e. The molecule has 0 saturated heterocycles. The highest BCUT2D eigenvalue weighted by atomic mass is 79.9. The van der Waals surface area contributed by atoms with Crippen LogP contribution in [0.25, 0.3) is 6.08 Å². The molecule has 1 heterocycles. The molecule has 5 heteroatoms. The van der Waals surface area contributed by atoms with Crippen LogP contribution >= 0.6 is 15.9 Å². The van der Waals surface area contributed by atoms with Crippen molar-refractivity contribution in [2.45, 2.75) is 0 Å². The second-order valence-corrected chi connectivity index (χ2v) is 4.84. The van der Waals surface area contributed by atoms with Crippen LogP contribution in [0.3, 0.4) is 0 Å². The lowest BCUT2D eigenvalue weighted by atomic mass is 10.1. The number of carbonyl (C=O) groups excluding carboxylic acids is 1. The molecule has 0 aliphatic carbocycles. The number of aromatic nitrogens is 1. The number of pyridine rings is 1. The summed E-state index contributed by atoms with van der Waals surface area (Å²) >= 11 is 3.32. The summed E-state index contributed by atoms with van der Waals surface area (Å²) in [7, 11) is 0. The van der Waals surface area contributed by atoms with Gasteiger partial charge < -0.3 is 5.32 Å². The van der Waals surface area contributed by atoms with Crippen LogP contribution in [0, 0.1) is 11.3 Å². The maximum Gasteiger partial charge on any atom is 0.266 e. The molecule has 0 saturated carbocycles. The monoisotopic (exact) mass is 327 g/mol. The molecule has 0 unspecified atom stereocenters. The summed E-state index contributed by atoms with van der Waals surface area (Å²) in [4.78, 5) is 16.0. The SMILES string of the molecule is N#C/C(=C\c1cccnc1)C(=O)Nc1cccc(Br)c1. The Kier molecular flexibility index (Phi) is 4.64. The van der Waals surface area contributed by atoms with Gasteiger partial charge in [0, 0.05) is 22.6 Å². The van der Waals surface area contributed by atoms with Crippen molar-refractivity contribution in [1.82, 2.24) is 4.98 Å². The second kappa shape index (κ2) is 6.64. The molecule has 1 aromatic carbocycles. The third-order valence-electron chi connectivity index (χ3n) is 2.44. The van der Waals surface area contributed by atoms with Crippen molar-refractivity contribution in [2.24, 2.45) is 0 Å². The van der Waals surface area contributed by atoms with Crippen LogP contribution in [0.5, 0.6) is 0 Å². The van der Waals surface area contributed by atoms with Crippen molar-refractivity contribution in [2.75, 3.05) is 5.32 Å². The Hall–Kier alpha value is -2.45. The molecule has 2 rings (SSSR count). The third kappa shape index (κ3) is 3.77. The number of benzene rings is 1. The molecule has 4 nitrogen and oxygen atoms in total. The number of halogens is 1. The molecule has 1 aromatic heterocycles. The first-order valence-electron chi connectivity index (χ1n) is 5.78. The van der Waals surface area contributed by atoms with Crippen LogP contribution in [-0.2, 0) is 4.79 Å². The summed E-state index contributed by atoms with van der Waals surface area (Å²) in [5.74, 6) is -0.450. The smallest absolute Gasteiger partial charge is 0.266 e. The van der Waals surface area contributed by atoms with Gasteiger partial charge in [0.1, 0.15) is 11.6 Å². The van der Waals surface area contributed by atoms with E-state index in [0.29, 0.717) is 11.3 Å². The van der Waals surface area contributed by atoms with Crippen molar-refractivity contribution in [3.05, 3.63) is 64.4 Å². The summed E-state index contributed by atoms with van der Waals surface area (Å²) in [5.41, 5.74) is 1.35. The van der Waals surface area contributed by atoms with Gasteiger partial charge in [-0.2, -0.15) is 5.26 Å². The van der Waals surface area contributed by atoms with Crippen molar-refractivity contribution in [3.63, 3.8) is 0 Å². The second-order valence-electron chi connectivity index (χ2n) is 3.92. The summed E-state index contributed by atoms with van der Waals surface area (Å²) in [5, 5.41) is 11.8. The molecule has 1 amide bonds. The van der Waals surface area contributed by atoms with Gasteiger partial charge in [0.25, 0.3) is 5.91 Å². The molecule has 2 aromatic rings. The third-order valence-corrected chi connectivity index (χ3v) is 2.94. The molecule has 0 aliphatic rings. The first-order valence-corrected chi connectivity index (χ1v) is 6.57. The number of rotatable bonds is 3. The fourth-order valence-electron chi connectivity index (χ4n) is 1.54. The quantitative estimate of drug-likeness (QED) is 0.694. The molecule has 1 N–H and O–H groups in total. The molecule has 20 heavy (non-hydrogen) atoms. The fraction of sp³-hybridized carbons (Fsp3) is 0. The normalized spacial score (nSPS) is 10.7. The van der Waals surface area contributed by atoms with Gasteiger partial charge in [-0.05, 0) is 35.9 Å². The maximum atomic E-state index is 12.0. The number of amides is 1. The van der Waals surface area contributed by atoms with Crippen LogP contribution in [0.4, 0.5) is 5.69 Å². The van der Waals surface area contributed by atoms with E-state index < -0.39 is 5.91 Å². The fourth-order valence-corrected chi connectivity index (χ4v) is 1.94. The van der Waals surface area contributed by atoms with E-state index in [1.807, 2.05) is 12.1 Å². The summed E-state index contributed by atoms with van der Waals surface area (Å²) in [6.07, 6.45) is 4.72. The van der Waals surface area contributed by atoms with E-state index in [9.17, 15) is 4.79 Å². The molecule has 0 spiro atoms. The first kappa shape index (κ1) is 14.0. The van der Waals surface area contributed by atoms with Gasteiger partial charge in [-0.25, -0.2) is 0 Å². The van der Waals surface area contributed by atoms with Crippen LogP contribution < -0.4 is 5.32 Å². The lowest BCUT2D eigenvalue weighted by Gasteiger charge is -2.04. The average molecular weight is 328 g/mol. The standard InChI is InChI=1S/C15H10BrN3O/c16-13-4-1-5-14(8-13)19-15(20)12(9-17)7-11-3-2-6-18-10-11/h1-8,10H,(H,19,20)/b12-7+. The minimum absolute atomic E-state index is 0.0259. The van der Waals surface area contributed by atoms with Crippen molar-refractivity contribution in [1.29, 1.82) is 5.26 Å². The topological polar surface area (TPSA) is 65.8 Å². The molecule has 0 atom stereocenters. The van der Waals surface area contributed by atoms with E-state index in [1.165, 1.54) is 6.08 Å². The Morgan fingerprint density at radius 1 is 1.35 bits per heavy atom. The molecule has 0 radical (unpaired) electrons. The zero-order valence-electron chi connectivity index (χ0n) is 10.4. The molecule has 0 fully saturated rings. The summed E-state index contributed by atoms with van der Waals surface area (Å²) in [6.45, 7) is 0. The molecular formula is C15H10BrN3O. The lowest BCUT2D eigenvalue weighted by molar-refractivity contribution is -0.112. The van der Waals surface area contributed by atoms with E-state index in [2.05, 4.69) is 26.2 Å². The predicted molar refractivity (Wildman–Crippen MR) is 80.6 cm³/mol. The molecular weight excluding hydrogens is 318 g/mol. The van der Waals surface area contributed by atoms with Crippen molar-refractivity contribution >= 4 is 33.6 Å². The van der Waals surface area contributed by atoms with Gasteiger partial charge in [-0.1, -0.05) is 28.1 Å². The van der Waals surface area contributed by atoms with E-state index in [1.54, 1.807) is 42.7 Å². The van der Waals surface area contributed by atoms with Crippen LogP contribution in [0.1, 0.15) is 5.56 Å². The van der Waals surface area contributed by atoms with Crippen LogP contribution in [0.15, 0.2) is 58.8 Å². The number of nitriles is 1.